The molecule has 3 nitrogen and oxygen atoms in total. The van der Waals surface area contributed by atoms with Gasteiger partial charge in [0, 0.05) is 20.4 Å². The number of fused-ring (bicyclic) bond motifs is 1. The SMILES string of the molecule is O=c1[nH]c2ccc(Cl)cc2nc1Cc1cc(Br)cc(Br)c1. The summed E-state index contributed by atoms with van der Waals surface area (Å²) in [5.41, 5.74) is 2.65. The quantitative estimate of drug-likeness (QED) is 0.644. The van der Waals surface area contributed by atoms with Gasteiger partial charge in [-0.3, -0.25) is 4.79 Å². The maximum Gasteiger partial charge on any atom is 0.270 e. The molecule has 3 aromatic rings. The first-order chi connectivity index (χ1) is 10.0. The number of nitrogens with zero attached hydrogens (tertiary/aromatic N) is 1. The molecule has 0 aliphatic carbocycles. The second-order valence-electron chi connectivity index (χ2n) is 4.63. The molecule has 6 heteroatoms. The molecule has 1 aromatic heterocycles. The molecular weight excluding hydrogens is 419 g/mol. The van der Waals surface area contributed by atoms with Crippen LogP contribution in [0.5, 0.6) is 0 Å². The van der Waals surface area contributed by atoms with E-state index in [1.54, 1.807) is 18.2 Å². The monoisotopic (exact) mass is 426 g/mol. The Kier molecular flexibility index (Phi) is 4.15. The summed E-state index contributed by atoms with van der Waals surface area (Å²) in [6.45, 7) is 0. The number of hydrogen-bond acceptors (Lipinski definition) is 2. The molecule has 1 heterocycles. The van der Waals surface area contributed by atoms with Crippen molar-refractivity contribution in [2.24, 2.45) is 0 Å². The van der Waals surface area contributed by atoms with E-state index in [9.17, 15) is 4.79 Å². The molecule has 0 spiro atoms. The van der Waals surface area contributed by atoms with Crippen LogP contribution in [0.2, 0.25) is 5.02 Å². The Bertz CT molecular complexity index is 872. The van der Waals surface area contributed by atoms with E-state index in [1.807, 2.05) is 18.2 Å². The average Bonchev–Trinajstić information content (AvgIpc) is 2.39. The highest BCUT2D eigenvalue weighted by Gasteiger charge is 2.08. The van der Waals surface area contributed by atoms with E-state index in [0.29, 0.717) is 28.2 Å². The number of hydrogen-bond donors (Lipinski definition) is 1. The summed E-state index contributed by atoms with van der Waals surface area (Å²) in [6.07, 6.45) is 0.454. The van der Waals surface area contributed by atoms with Gasteiger partial charge in [0.05, 0.1) is 11.0 Å². The van der Waals surface area contributed by atoms with Crippen molar-refractivity contribution in [2.75, 3.05) is 0 Å². The Hall–Kier alpha value is -1.17. The molecule has 3 rings (SSSR count). The van der Waals surface area contributed by atoms with Gasteiger partial charge in [0.15, 0.2) is 0 Å². The molecule has 0 aliphatic heterocycles. The van der Waals surface area contributed by atoms with Gasteiger partial charge in [-0.25, -0.2) is 4.98 Å². The van der Waals surface area contributed by atoms with E-state index in [0.717, 1.165) is 14.5 Å². The topological polar surface area (TPSA) is 45.8 Å². The number of aromatic amines is 1. The fraction of sp³-hybridized carbons (Fsp3) is 0.0667. The summed E-state index contributed by atoms with van der Waals surface area (Å²) in [4.78, 5) is 19.4. The number of halogens is 3. The lowest BCUT2D eigenvalue weighted by atomic mass is 10.1. The first kappa shape index (κ1) is 14.8. The highest BCUT2D eigenvalue weighted by Crippen LogP contribution is 2.21. The van der Waals surface area contributed by atoms with Gasteiger partial charge in [0.1, 0.15) is 5.69 Å². The van der Waals surface area contributed by atoms with Crippen LogP contribution in [0, 0.1) is 0 Å². The van der Waals surface area contributed by atoms with Gasteiger partial charge >= 0.3 is 0 Å². The van der Waals surface area contributed by atoms with Crippen LogP contribution >= 0.6 is 43.5 Å². The smallest absolute Gasteiger partial charge is 0.270 e. The summed E-state index contributed by atoms with van der Waals surface area (Å²) >= 11 is 12.8. The van der Waals surface area contributed by atoms with Crippen LogP contribution in [0.3, 0.4) is 0 Å². The zero-order valence-electron chi connectivity index (χ0n) is 10.7. The Morgan fingerprint density at radius 1 is 1.10 bits per heavy atom. The van der Waals surface area contributed by atoms with E-state index in [4.69, 9.17) is 11.6 Å². The van der Waals surface area contributed by atoms with Crippen molar-refractivity contribution in [1.29, 1.82) is 0 Å². The number of H-pyrrole nitrogens is 1. The van der Waals surface area contributed by atoms with Crippen LogP contribution in [0.1, 0.15) is 11.3 Å². The Labute approximate surface area is 142 Å². The van der Waals surface area contributed by atoms with Gasteiger partial charge in [-0.1, -0.05) is 43.5 Å². The predicted octanol–water partition coefficient (Wildman–Crippen LogP) is 4.69. The lowest BCUT2D eigenvalue weighted by molar-refractivity contribution is 1.03. The third kappa shape index (κ3) is 3.36. The minimum atomic E-state index is -0.180. The number of rotatable bonds is 2. The third-order valence-corrected chi connectivity index (χ3v) is 4.17. The van der Waals surface area contributed by atoms with Crippen LogP contribution in [-0.4, -0.2) is 9.97 Å². The van der Waals surface area contributed by atoms with E-state index < -0.39 is 0 Å². The fourth-order valence-electron chi connectivity index (χ4n) is 2.12. The van der Waals surface area contributed by atoms with Crippen molar-refractivity contribution in [1.82, 2.24) is 9.97 Å². The predicted molar refractivity (Wildman–Crippen MR) is 92.0 cm³/mol. The summed E-state index contributed by atoms with van der Waals surface area (Å²) in [5, 5.41) is 0.596. The van der Waals surface area contributed by atoms with Crippen molar-refractivity contribution in [3.63, 3.8) is 0 Å². The normalized spacial score (nSPS) is 11.0. The molecule has 0 amide bonds. The van der Waals surface area contributed by atoms with Gasteiger partial charge in [-0.15, -0.1) is 0 Å². The molecular formula is C15H9Br2ClN2O. The maximum atomic E-state index is 12.1. The second-order valence-corrected chi connectivity index (χ2v) is 6.90. The van der Waals surface area contributed by atoms with Gasteiger partial charge in [-0.05, 0) is 42.0 Å². The molecule has 2 aromatic carbocycles. The average molecular weight is 429 g/mol. The molecule has 0 fully saturated rings. The van der Waals surface area contributed by atoms with Crippen LogP contribution in [0.25, 0.3) is 11.0 Å². The molecule has 0 saturated heterocycles. The molecule has 1 N–H and O–H groups in total. The van der Waals surface area contributed by atoms with Crippen LogP contribution < -0.4 is 5.56 Å². The molecule has 0 radical (unpaired) electrons. The Morgan fingerprint density at radius 3 is 2.52 bits per heavy atom. The van der Waals surface area contributed by atoms with Gasteiger partial charge < -0.3 is 4.98 Å². The third-order valence-electron chi connectivity index (χ3n) is 3.02. The van der Waals surface area contributed by atoms with Crippen LogP contribution in [0.15, 0.2) is 50.1 Å². The summed E-state index contributed by atoms with van der Waals surface area (Å²) < 4.78 is 1.90. The largest absolute Gasteiger partial charge is 0.319 e. The van der Waals surface area contributed by atoms with Crippen molar-refractivity contribution >= 4 is 54.5 Å². The second kappa shape index (κ2) is 5.91. The minimum absolute atomic E-state index is 0.180. The van der Waals surface area contributed by atoms with E-state index in [1.165, 1.54) is 0 Å². The van der Waals surface area contributed by atoms with Crippen molar-refractivity contribution in [3.05, 3.63) is 72.0 Å². The summed E-state index contributed by atoms with van der Waals surface area (Å²) in [6, 6.07) is 11.1. The maximum absolute atomic E-state index is 12.1. The zero-order valence-corrected chi connectivity index (χ0v) is 14.6. The minimum Gasteiger partial charge on any atom is -0.319 e. The lowest BCUT2D eigenvalue weighted by Gasteiger charge is -2.05. The number of aromatic nitrogens is 2. The standard InChI is InChI=1S/C15H9Br2ClN2O/c16-9-3-8(4-10(17)6-9)5-14-15(21)20-12-2-1-11(18)7-13(12)19-14/h1-4,6-7H,5H2,(H,20,21). The Balaban J connectivity index is 2.07. The lowest BCUT2D eigenvalue weighted by Crippen LogP contribution is -2.15. The number of nitrogens with one attached hydrogen (secondary N) is 1. The van der Waals surface area contributed by atoms with Gasteiger partial charge in [-0.2, -0.15) is 0 Å². The first-order valence-electron chi connectivity index (χ1n) is 6.15. The van der Waals surface area contributed by atoms with E-state index in [2.05, 4.69) is 41.8 Å². The highest BCUT2D eigenvalue weighted by atomic mass is 79.9. The Morgan fingerprint density at radius 2 is 1.81 bits per heavy atom. The van der Waals surface area contributed by atoms with Crippen molar-refractivity contribution in [2.45, 2.75) is 6.42 Å². The first-order valence-corrected chi connectivity index (χ1v) is 8.11. The van der Waals surface area contributed by atoms with Crippen LogP contribution in [-0.2, 0) is 6.42 Å². The van der Waals surface area contributed by atoms with Gasteiger partial charge in [0.2, 0.25) is 0 Å². The van der Waals surface area contributed by atoms with E-state index in [-0.39, 0.29) is 5.56 Å². The van der Waals surface area contributed by atoms with Crippen molar-refractivity contribution in [3.8, 4) is 0 Å². The molecule has 0 aliphatic rings. The van der Waals surface area contributed by atoms with Crippen molar-refractivity contribution < 1.29 is 0 Å². The molecule has 106 valence electrons. The molecule has 0 saturated carbocycles. The summed E-state index contributed by atoms with van der Waals surface area (Å²) in [7, 11) is 0. The molecule has 0 unspecified atom stereocenters. The molecule has 0 bridgehead atoms. The van der Waals surface area contributed by atoms with Gasteiger partial charge in [0.25, 0.3) is 5.56 Å². The fourth-order valence-corrected chi connectivity index (χ4v) is 3.67. The highest BCUT2D eigenvalue weighted by molar-refractivity contribution is 9.11. The van der Waals surface area contributed by atoms with E-state index >= 15 is 0 Å². The zero-order chi connectivity index (χ0) is 15.0. The van der Waals surface area contributed by atoms with Crippen LogP contribution in [0.4, 0.5) is 0 Å². The summed E-state index contributed by atoms with van der Waals surface area (Å²) in [5.74, 6) is 0. The number of benzene rings is 2. The molecule has 0 atom stereocenters. The molecule has 21 heavy (non-hydrogen) atoms.